The molecule has 2 rings (SSSR count). The Morgan fingerprint density at radius 1 is 1.38 bits per heavy atom. The average Bonchev–Trinajstić information content (AvgIpc) is 2.95. The number of aromatic nitrogens is 4. The fourth-order valence-electron chi connectivity index (χ4n) is 2.62. The Hall–Kier alpha value is -1.18. The van der Waals surface area contributed by atoms with Crippen molar-refractivity contribution in [2.45, 2.75) is 46.2 Å². The summed E-state index contributed by atoms with van der Waals surface area (Å²) in [6, 6.07) is 0.0155. The number of rotatable bonds is 6. The van der Waals surface area contributed by atoms with Gasteiger partial charge in [0.1, 0.15) is 0 Å². The van der Waals surface area contributed by atoms with Gasteiger partial charge in [-0.15, -0.1) is 0 Å². The molecule has 0 radical (unpaired) electrons. The third kappa shape index (κ3) is 3.20. The SMILES string of the molecule is CCc1nn(CC)c(CC(NN)c2cn(C)nc2C)c1Br. The van der Waals surface area contributed by atoms with Crippen LogP contribution < -0.4 is 11.3 Å². The van der Waals surface area contributed by atoms with Crippen molar-refractivity contribution in [2.75, 3.05) is 0 Å². The van der Waals surface area contributed by atoms with Gasteiger partial charge in [0.05, 0.1) is 27.6 Å². The first-order valence-corrected chi connectivity index (χ1v) is 8.01. The highest BCUT2D eigenvalue weighted by molar-refractivity contribution is 9.10. The molecule has 2 aromatic heterocycles. The molecule has 0 saturated carbocycles. The lowest BCUT2D eigenvalue weighted by Crippen LogP contribution is -2.30. The number of nitrogens with zero attached hydrogens (tertiary/aromatic N) is 4. The first kappa shape index (κ1) is 16.2. The van der Waals surface area contributed by atoms with Gasteiger partial charge in [0.25, 0.3) is 0 Å². The Morgan fingerprint density at radius 3 is 2.57 bits per heavy atom. The Labute approximate surface area is 133 Å². The van der Waals surface area contributed by atoms with Crippen molar-refractivity contribution in [3.8, 4) is 0 Å². The molecule has 0 aliphatic heterocycles. The maximum atomic E-state index is 5.78. The molecule has 2 aromatic rings. The minimum absolute atomic E-state index is 0.0155. The summed E-state index contributed by atoms with van der Waals surface area (Å²) in [5.74, 6) is 5.78. The van der Waals surface area contributed by atoms with Crippen molar-refractivity contribution in [1.82, 2.24) is 25.0 Å². The van der Waals surface area contributed by atoms with E-state index >= 15 is 0 Å². The zero-order valence-electron chi connectivity index (χ0n) is 13.0. The molecule has 2 heterocycles. The van der Waals surface area contributed by atoms with Crippen LogP contribution in [0.2, 0.25) is 0 Å². The fraction of sp³-hybridized carbons (Fsp3) is 0.571. The number of halogens is 1. The highest BCUT2D eigenvalue weighted by Gasteiger charge is 2.21. The average molecular weight is 355 g/mol. The minimum atomic E-state index is 0.0155. The summed E-state index contributed by atoms with van der Waals surface area (Å²) < 4.78 is 4.95. The molecule has 0 spiro atoms. The molecule has 0 aliphatic carbocycles. The van der Waals surface area contributed by atoms with Crippen LogP contribution in [0.15, 0.2) is 10.7 Å². The lowest BCUT2D eigenvalue weighted by Gasteiger charge is -2.16. The van der Waals surface area contributed by atoms with E-state index in [4.69, 9.17) is 5.84 Å². The first-order chi connectivity index (χ1) is 10.0. The van der Waals surface area contributed by atoms with Gasteiger partial charge in [0.2, 0.25) is 0 Å². The molecule has 7 heteroatoms. The molecule has 21 heavy (non-hydrogen) atoms. The van der Waals surface area contributed by atoms with Gasteiger partial charge >= 0.3 is 0 Å². The first-order valence-electron chi connectivity index (χ1n) is 7.22. The summed E-state index contributed by atoms with van der Waals surface area (Å²) >= 11 is 3.68. The van der Waals surface area contributed by atoms with Crippen molar-refractivity contribution in [3.05, 3.63) is 33.3 Å². The van der Waals surface area contributed by atoms with Gasteiger partial charge in [-0.3, -0.25) is 20.6 Å². The summed E-state index contributed by atoms with van der Waals surface area (Å²) in [4.78, 5) is 0. The predicted octanol–water partition coefficient (Wildman–Crippen LogP) is 2.02. The Kier molecular flexibility index (Phi) is 5.18. The second-order valence-corrected chi connectivity index (χ2v) is 5.94. The predicted molar refractivity (Wildman–Crippen MR) is 86.7 cm³/mol. The fourth-order valence-corrected chi connectivity index (χ4v) is 3.35. The normalized spacial score (nSPS) is 12.9. The number of hydrazine groups is 1. The maximum Gasteiger partial charge on any atom is 0.0766 e. The van der Waals surface area contributed by atoms with Gasteiger partial charge in [-0.2, -0.15) is 10.2 Å². The van der Waals surface area contributed by atoms with Crippen molar-refractivity contribution >= 4 is 15.9 Å². The van der Waals surface area contributed by atoms with E-state index in [2.05, 4.69) is 45.4 Å². The van der Waals surface area contributed by atoms with E-state index in [1.807, 2.05) is 29.5 Å². The molecule has 6 nitrogen and oxygen atoms in total. The third-order valence-corrected chi connectivity index (χ3v) is 4.64. The van der Waals surface area contributed by atoms with E-state index in [0.717, 1.165) is 40.8 Å². The summed E-state index contributed by atoms with van der Waals surface area (Å²) in [6.45, 7) is 7.06. The van der Waals surface area contributed by atoms with Crippen LogP contribution in [0.4, 0.5) is 0 Å². The largest absolute Gasteiger partial charge is 0.275 e. The van der Waals surface area contributed by atoms with E-state index in [1.165, 1.54) is 5.69 Å². The lowest BCUT2D eigenvalue weighted by atomic mass is 10.0. The van der Waals surface area contributed by atoms with Crippen molar-refractivity contribution in [2.24, 2.45) is 12.9 Å². The molecule has 0 bridgehead atoms. The van der Waals surface area contributed by atoms with Crippen LogP contribution in [0.5, 0.6) is 0 Å². The van der Waals surface area contributed by atoms with E-state index in [1.54, 1.807) is 0 Å². The van der Waals surface area contributed by atoms with Gasteiger partial charge in [-0.05, 0) is 36.2 Å². The van der Waals surface area contributed by atoms with Gasteiger partial charge in [-0.25, -0.2) is 0 Å². The number of hydrogen-bond acceptors (Lipinski definition) is 4. The molecular formula is C14H23BrN6. The highest BCUT2D eigenvalue weighted by atomic mass is 79.9. The Bertz CT molecular complexity index is 615. The Morgan fingerprint density at radius 2 is 2.10 bits per heavy atom. The lowest BCUT2D eigenvalue weighted by molar-refractivity contribution is 0.514. The number of nitrogens with two attached hydrogens (primary N) is 1. The third-order valence-electron chi connectivity index (χ3n) is 3.72. The second-order valence-electron chi connectivity index (χ2n) is 5.14. The molecule has 0 saturated heterocycles. The molecule has 1 unspecified atom stereocenters. The van der Waals surface area contributed by atoms with Crippen molar-refractivity contribution in [1.29, 1.82) is 0 Å². The maximum absolute atomic E-state index is 5.78. The van der Waals surface area contributed by atoms with E-state index in [0.29, 0.717) is 0 Å². The molecule has 0 aliphatic rings. The second kappa shape index (κ2) is 6.72. The van der Waals surface area contributed by atoms with Crippen LogP contribution >= 0.6 is 15.9 Å². The van der Waals surface area contributed by atoms with Crippen LogP contribution in [0.25, 0.3) is 0 Å². The van der Waals surface area contributed by atoms with E-state index < -0.39 is 0 Å². The number of aryl methyl sites for hydroxylation is 4. The summed E-state index contributed by atoms with van der Waals surface area (Å²) in [5, 5.41) is 9.03. The van der Waals surface area contributed by atoms with Crippen LogP contribution in [-0.2, 0) is 26.4 Å². The number of nitrogens with one attached hydrogen (secondary N) is 1. The molecule has 0 aromatic carbocycles. The van der Waals surface area contributed by atoms with Crippen molar-refractivity contribution in [3.63, 3.8) is 0 Å². The minimum Gasteiger partial charge on any atom is -0.275 e. The van der Waals surface area contributed by atoms with Crippen LogP contribution in [0.1, 0.15) is 42.5 Å². The molecule has 0 amide bonds. The monoisotopic (exact) mass is 354 g/mol. The van der Waals surface area contributed by atoms with E-state index in [9.17, 15) is 0 Å². The smallest absolute Gasteiger partial charge is 0.0766 e. The Balaban J connectivity index is 2.35. The summed E-state index contributed by atoms with van der Waals surface area (Å²) in [7, 11) is 1.92. The van der Waals surface area contributed by atoms with Gasteiger partial charge in [0, 0.05) is 31.8 Å². The molecule has 116 valence electrons. The van der Waals surface area contributed by atoms with Crippen LogP contribution in [0, 0.1) is 6.92 Å². The zero-order valence-corrected chi connectivity index (χ0v) is 14.6. The topological polar surface area (TPSA) is 73.7 Å². The summed E-state index contributed by atoms with van der Waals surface area (Å²) in [6.07, 6.45) is 3.69. The molecule has 3 N–H and O–H groups in total. The molecule has 0 fully saturated rings. The molecular weight excluding hydrogens is 332 g/mol. The summed E-state index contributed by atoms with van der Waals surface area (Å²) in [5.41, 5.74) is 7.28. The van der Waals surface area contributed by atoms with Gasteiger partial charge in [-0.1, -0.05) is 6.92 Å². The van der Waals surface area contributed by atoms with E-state index in [-0.39, 0.29) is 6.04 Å². The quantitative estimate of drug-likeness (QED) is 0.614. The van der Waals surface area contributed by atoms with Crippen LogP contribution in [0.3, 0.4) is 0 Å². The van der Waals surface area contributed by atoms with Crippen molar-refractivity contribution < 1.29 is 0 Å². The highest BCUT2D eigenvalue weighted by Crippen LogP contribution is 2.28. The standard InChI is InChI=1S/C14H23BrN6/c1-5-11-14(15)13(21(6-2)19-11)7-12(17-16)10-8-20(4)18-9(10)3/h8,12,17H,5-7,16H2,1-4H3. The number of hydrogen-bond donors (Lipinski definition) is 2. The zero-order chi connectivity index (χ0) is 15.6. The van der Waals surface area contributed by atoms with Gasteiger partial charge < -0.3 is 0 Å². The molecule has 1 atom stereocenters. The van der Waals surface area contributed by atoms with Gasteiger partial charge in [0.15, 0.2) is 0 Å². The van der Waals surface area contributed by atoms with Crippen LogP contribution in [-0.4, -0.2) is 19.6 Å².